The highest BCUT2D eigenvalue weighted by atomic mass is 19.1. The SMILES string of the molecule is CC(=O)N1c2ccc(F)cc2CC(C)[C@@H]1C1CC1. The van der Waals surface area contributed by atoms with Gasteiger partial charge in [-0.15, -0.1) is 0 Å². The average molecular weight is 247 g/mol. The van der Waals surface area contributed by atoms with Crippen molar-refractivity contribution in [3.05, 3.63) is 29.6 Å². The quantitative estimate of drug-likeness (QED) is 0.746. The van der Waals surface area contributed by atoms with Crippen molar-refractivity contribution in [3.8, 4) is 0 Å². The first-order chi connectivity index (χ1) is 8.58. The molecule has 1 unspecified atom stereocenters. The minimum absolute atomic E-state index is 0.0753. The molecule has 18 heavy (non-hydrogen) atoms. The summed E-state index contributed by atoms with van der Waals surface area (Å²) in [5, 5.41) is 0. The number of carbonyl (C=O) groups excluding carboxylic acids is 1. The number of amides is 1. The van der Waals surface area contributed by atoms with Crippen LogP contribution in [0.5, 0.6) is 0 Å². The van der Waals surface area contributed by atoms with E-state index in [9.17, 15) is 9.18 Å². The van der Waals surface area contributed by atoms with Gasteiger partial charge >= 0.3 is 0 Å². The molecule has 0 N–H and O–H groups in total. The first kappa shape index (κ1) is 11.7. The fourth-order valence-corrected chi connectivity index (χ4v) is 3.33. The summed E-state index contributed by atoms with van der Waals surface area (Å²) in [4.78, 5) is 13.9. The van der Waals surface area contributed by atoms with Gasteiger partial charge in [0, 0.05) is 18.7 Å². The lowest BCUT2D eigenvalue weighted by Crippen LogP contribution is -2.48. The van der Waals surface area contributed by atoms with Crippen LogP contribution in [-0.2, 0) is 11.2 Å². The van der Waals surface area contributed by atoms with Crippen molar-refractivity contribution in [2.24, 2.45) is 11.8 Å². The molecule has 0 aromatic heterocycles. The number of hydrogen-bond acceptors (Lipinski definition) is 1. The summed E-state index contributed by atoms with van der Waals surface area (Å²) in [5.41, 5.74) is 1.88. The zero-order valence-electron chi connectivity index (χ0n) is 10.8. The maximum atomic E-state index is 13.3. The molecular formula is C15H18FNO. The molecule has 0 radical (unpaired) electrons. The second kappa shape index (κ2) is 4.08. The molecule has 1 fully saturated rings. The summed E-state index contributed by atoms with van der Waals surface area (Å²) < 4.78 is 13.3. The number of anilines is 1. The first-order valence-corrected chi connectivity index (χ1v) is 6.66. The lowest BCUT2D eigenvalue weighted by molar-refractivity contribution is -0.117. The van der Waals surface area contributed by atoms with Crippen molar-refractivity contribution >= 4 is 11.6 Å². The number of benzene rings is 1. The van der Waals surface area contributed by atoms with Gasteiger partial charge in [-0.2, -0.15) is 0 Å². The van der Waals surface area contributed by atoms with Crippen molar-refractivity contribution in [3.63, 3.8) is 0 Å². The lowest BCUT2D eigenvalue weighted by Gasteiger charge is -2.41. The van der Waals surface area contributed by atoms with Gasteiger partial charge in [0.15, 0.2) is 0 Å². The van der Waals surface area contributed by atoms with E-state index in [0.717, 1.165) is 17.7 Å². The summed E-state index contributed by atoms with van der Waals surface area (Å²) in [7, 11) is 0. The van der Waals surface area contributed by atoms with Gasteiger partial charge in [-0.25, -0.2) is 4.39 Å². The maximum absolute atomic E-state index is 13.3. The molecule has 1 amide bonds. The molecule has 0 spiro atoms. The Balaban J connectivity index is 2.07. The van der Waals surface area contributed by atoms with Crippen LogP contribution in [0, 0.1) is 17.7 Å². The summed E-state index contributed by atoms with van der Waals surface area (Å²) >= 11 is 0. The van der Waals surface area contributed by atoms with Gasteiger partial charge < -0.3 is 4.90 Å². The summed E-state index contributed by atoms with van der Waals surface area (Å²) in [6.45, 7) is 3.79. The molecule has 1 aromatic rings. The zero-order chi connectivity index (χ0) is 12.9. The molecule has 3 heteroatoms. The van der Waals surface area contributed by atoms with Crippen LogP contribution < -0.4 is 4.90 Å². The Morgan fingerprint density at radius 3 is 2.72 bits per heavy atom. The standard InChI is InChI=1S/C15H18FNO/c1-9-7-12-8-13(16)5-6-14(12)17(10(2)18)15(9)11-3-4-11/h5-6,8-9,11,15H,3-4,7H2,1-2H3/t9?,15-/m1/s1. The van der Waals surface area contributed by atoms with Crippen LogP contribution in [0.1, 0.15) is 32.3 Å². The second-order valence-electron chi connectivity index (χ2n) is 5.67. The van der Waals surface area contributed by atoms with Gasteiger partial charge in [-0.05, 0) is 54.9 Å². The molecule has 1 heterocycles. The van der Waals surface area contributed by atoms with Crippen molar-refractivity contribution in [2.75, 3.05) is 4.90 Å². The van der Waals surface area contributed by atoms with Gasteiger partial charge in [-0.1, -0.05) is 6.92 Å². The van der Waals surface area contributed by atoms with E-state index < -0.39 is 0 Å². The molecule has 96 valence electrons. The van der Waals surface area contributed by atoms with Crippen molar-refractivity contribution in [1.82, 2.24) is 0 Å². The number of hydrogen-bond donors (Lipinski definition) is 0. The van der Waals surface area contributed by atoms with Gasteiger partial charge in [0.2, 0.25) is 5.91 Å². The minimum atomic E-state index is -0.214. The molecule has 1 aromatic carbocycles. The van der Waals surface area contributed by atoms with E-state index in [1.165, 1.54) is 18.9 Å². The Morgan fingerprint density at radius 1 is 1.39 bits per heavy atom. The number of nitrogens with zero attached hydrogens (tertiary/aromatic N) is 1. The smallest absolute Gasteiger partial charge is 0.224 e. The van der Waals surface area contributed by atoms with Crippen molar-refractivity contribution < 1.29 is 9.18 Å². The number of fused-ring (bicyclic) bond motifs is 1. The normalized spacial score (nSPS) is 26.9. The Kier molecular flexibility index (Phi) is 2.65. The summed E-state index contributed by atoms with van der Waals surface area (Å²) in [5.74, 6) is 0.915. The molecule has 1 saturated carbocycles. The van der Waals surface area contributed by atoms with E-state index in [4.69, 9.17) is 0 Å². The number of halogens is 1. The molecule has 2 atom stereocenters. The van der Waals surface area contributed by atoms with Crippen LogP contribution in [0.3, 0.4) is 0 Å². The molecule has 2 nitrogen and oxygen atoms in total. The second-order valence-corrected chi connectivity index (χ2v) is 5.67. The van der Waals surface area contributed by atoms with E-state index in [1.54, 1.807) is 19.1 Å². The predicted molar refractivity (Wildman–Crippen MR) is 68.9 cm³/mol. The Hall–Kier alpha value is -1.38. The summed E-state index contributed by atoms with van der Waals surface area (Å²) in [6, 6.07) is 5.09. The highest BCUT2D eigenvalue weighted by Crippen LogP contribution is 2.45. The minimum Gasteiger partial charge on any atom is -0.309 e. The fourth-order valence-electron chi connectivity index (χ4n) is 3.33. The lowest BCUT2D eigenvalue weighted by atomic mass is 9.84. The largest absolute Gasteiger partial charge is 0.309 e. The van der Waals surface area contributed by atoms with E-state index in [1.807, 2.05) is 4.90 Å². The van der Waals surface area contributed by atoms with Gasteiger partial charge in [0.25, 0.3) is 0 Å². The van der Waals surface area contributed by atoms with Crippen molar-refractivity contribution in [1.29, 1.82) is 0 Å². The topological polar surface area (TPSA) is 20.3 Å². The molecule has 1 aliphatic heterocycles. The molecule has 1 aliphatic carbocycles. The van der Waals surface area contributed by atoms with E-state index in [0.29, 0.717) is 17.9 Å². The van der Waals surface area contributed by atoms with Crippen LogP contribution in [0.15, 0.2) is 18.2 Å². The van der Waals surface area contributed by atoms with E-state index in [-0.39, 0.29) is 11.7 Å². The first-order valence-electron chi connectivity index (χ1n) is 6.66. The van der Waals surface area contributed by atoms with Gasteiger partial charge in [-0.3, -0.25) is 4.79 Å². The predicted octanol–water partition coefficient (Wildman–Crippen LogP) is 3.15. The summed E-state index contributed by atoms with van der Waals surface area (Å²) in [6.07, 6.45) is 3.31. The van der Waals surface area contributed by atoms with Gasteiger partial charge in [0.1, 0.15) is 5.82 Å². The monoisotopic (exact) mass is 247 g/mol. The molecule has 0 saturated heterocycles. The highest BCUT2D eigenvalue weighted by Gasteiger charge is 2.43. The number of rotatable bonds is 1. The average Bonchev–Trinajstić information content (AvgIpc) is 3.10. The number of carbonyl (C=O) groups is 1. The fraction of sp³-hybridized carbons (Fsp3) is 0.533. The maximum Gasteiger partial charge on any atom is 0.224 e. The zero-order valence-corrected chi connectivity index (χ0v) is 10.8. The Labute approximate surface area is 107 Å². The Morgan fingerprint density at radius 2 is 2.11 bits per heavy atom. The van der Waals surface area contributed by atoms with Crippen molar-refractivity contribution in [2.45, 2.75) is 39.2 Å². The van der Waals surface area contributed by atoms with Crippen LogP contribution in [-0.4, -0.2) is 11.9 Å². The molecule has 0 bridgehead atoms. The van der Waals surface area contributed by atoms with Crippen LogP contribution in [0.4, 0.5) is 10.1 Å². The highest BCUT2D eigenvalue weighted by molar-refractivity contribution is 5.93. The Bertz CT molecular complexity index is 495. The molecule has 2 aliphatic rings. The molecular weight excluding hydrogens is 229 g/mol. The van der Waals surface area contributed by atoms with E-state index in [2.05, 4.69) is 6.92 Å². The van der Waals surface area contributed by atoms with E-state index >= 15 is 0 Å². The van der Waals surface area contributed by atoms with Gasteiger partial charge in [0.05, 0.1) is 0 Å². The van der Waals surface area contributed by atoms with Crippen LogP contribution >= 0.6 is 0 Å². The third-order valence-corrected chi connectivity index (χ3v) is 4.17. The van der Waals surface area contributed by atoms with Crippen LogP contribution in [0.2, 0.25) is 0 Å². The van der Waals surface area contributed by atoms with Crippen LogP contribution in [0.25, 0.3) is 0 Å². The third kappa shape index (κ3) is 1.82. The molecule has 3 rings (SSSR count). The third-order valence-electron chi connectivity index (χ3n) is 4.17.